The Balaban J connectivity index is 1.94. The van der Waals surface area contributed by atoms with Crippen molar-refractivity contribution in [3.63, 3.8) is 0 Å². The molecule has 7 heteroatoms. The van der Waals surface area contributed by atoms with Crippen molar-refractivity contribution in [3.8, 4) is 0 Å². The zero-order valence-corrected chi connectivity index (χ0v) is 14.2. The summed E-state index contributed by atoms with van der Waals surface area (Å²) in [6, 6.07) is 8.52. The number of hydrogen-bond acceptors (Lipinski definition) is 5. The van der Waals surface area contributed by atoms with Gasteiger partial charge in [-0.25, -0.2) is 4.98 Å². The third kappa shape index (κ3) is 2.85. The van der Waals surface area contributed by atoms with E-state index < -0.39 is 10.8 Å². The average Bonchev–Trinajstić information content (AvgIpc) is 2.89. The summed E-state index contributed by atoms with van der Waals surface area (Å²) in [5.74, 6) is -0.398. The van der Waals surface area contributed by atoms with E-state index in [1.165, 1.54) is 23.5 Å². The number of nitro groups is 1. The van der Waals surface area contributed by atoms with Crippen LogP contribution in [-0.2, 0) is 0 Å². The average molecular weight is 341 g/mol. The van der Waals surface area contributed by atoms with E-state index in [1.54, 1.807) is 13.0 Å². The van der Waals surface area contributed by atoms with Crippen molar-refractivity contribution in [3.05, 3.63) is 62.7 Å². The zero-order chi connectivity index (χ0) is 17.4. The summed E-state index contributed by atoms with van der Waals surface area (Å²) in [4.78, 5) is 27.4. The molecule has 24 heavy (non-hydrogen) atoms. The Bertz CT molecular complexity index is 979. The molecule has 3 aromatic rings. The van der Waals surface area contributed by atoms with Gasteiger partial charge in [-0.2, -0.15) is 0 Å². The van der Waals surface area contributed by atoms with Gasteiger partial charge in [-0.3, -0.25) is 20.2 Å². The first kappa shape index (κ1) is 16.1. The lowest BCUT2D eigenvalue weighted by molar-refractivity contribution is -0.385. The molecular weight excluding hydrogens is 326 g/mol. The van der Waals surface area contributed by atoms with Crippen molar-refractivity contribution in [2.24, 2.45) is 0 Å². The number of amides is 1. The lowest BCUT2D eigenvalue weighted by Gasteiger charge is -2.05. The summed E-state index contributed by atoms with van der Waals surface area (Å²) >= 11 is 1.39. The number of hydrogen-bond donors (Lipinski definition) is 1. The summed E-state index contributed by atoms with van der Waals surface area (Å²) in [5.41, 5.74) is 3.59. The van der Waals surface area contributed by atoms with Gasteiger partial charge in [-0.05, 0) is 44.0 Å². The first-order chi connectivity index (χ1) is 11.4. The van der Waals surface area contributed by atoms with Crippen LogP contribution in [-0.4, -0.2) is 15.8 Å². The Morgan fingerprint density at radius 1 is 1.25 bits per heavy atom. The molecule has 6 nitrogen and oxygen atoms in total. The fraction of sp³-hybridized carbons (Fsp3) is 0.176. The van der Waals surface area contributed by atoms with Crippen molar-refractivity contribution in [1.82, 2.24) is 4.98 Å². The Hall–Kier alpha value is -2.80. The van der Waals surface area contributed by atoms with Gasteiger partial charge in [0.15, 0.2) is 5.13 Å². The maximum absolute atomic E-state index is 12.5. The standard InChI is InChI=1S/C17H15N3O3S/c1-9-7-10(2)15-14(8-9)24-17(18-15)19-16(21)12-5-4-6-13(11(12)3)20(22)23/h4-8H,1-3H3,(H,18,19,21). The predicted molar refractivity (Wildman–Crippen MR) is 94.9 cm³/mol. The quantitative estimate of drug-likeness (QED) is 0.566. The Morgan fingerprint density at radius 2 is 2.00 bits per heavy atom. The van der Waals surface area contributed by atoms with Crippen LogP contribution in [0.2, 0.25) is 0 Å². The van der Waals surface area contributed by atoms with E-state index in [-0.39, 0.29) is 11.3 Å². The van der Waals surface area contributed by atoms with Crippen molar-refractivity contribution < 1.29 is 9.72 Å². The summed E-state index contributed by atoms with van der Waals surface area (Å²) in [6.45, 7) is 5.56. The second-order valence-corrected chi connectivity index (χ2v) is 6.64. The van der Waals surface area contributed by atoms with Crippen molar-refractivity contribution in [1.29, 1.82) is 0 Å². The number of rotatable bonds is 3. The second-order valence-electron chi connectivity index (χ2n) is 5.61. The van der Waals surface area contributed by atoms with Gasteiger partial charge in [0, 0.05) is 17.2 Å². The number of thiazole rings is 1. The number of aromatic nitrogens is 1. The highest BCUT2D eigenvalue weighted by molar-refractivity contribution is 7.22. The molecule has 2 aromatic carbocycles. The summed E-state index contributed by atoms with van der Waals surface area (Å²) in [5, 5.41) is 14.2. The molecule has 0 aliphatic carbocycles. The largest absolute Gasteiger partial charge is 0.298 e. The summed E-state index contributed by atoms with van der Waals surface area (Å²) in [7, 11) is 0. The molecule has 0 aliphatic rings. The number of benzene rings is 2. The molecule has 1 N–H and O–H groups in total. The molecule has 122 valence electrons. The van der Waals surface area contributed by atoms with Crippen LogP contribution in [0.1, 0.15) is 27.0 Å². The predicted octanol–water partition coefficient (Wildman–Crippen LogP) is 4.38. The van der Waals surface area contributed by atoms with E-state index >= 15 is 0 Å². The van der Waals surface area contributed by atoms with Gasteiger partial charge in [0.25, 0.3) is 11.6 Å². The SMILES string of the molecule is Cc1cc(C)c2nc(NC(=O)c3cccc([N+](=O)[O-])c3C)sc2c1. The van der Waals surface area contributed by atoms with Gasteiger partial charge in [0.1, 0.15) is 0 Å². The minimum absolute atomic E-state index is 0.0709. The molecule has 0 saturated heterocycles. The number of nitro benzene ring substituents is 1. The van der Waals surface area contributed by atoms with Crippen molar-refractivity contribution in [2.75, 3.05) is 5.32 Å². The number of carbonyl (C=O) groups excluding carboxylic acids is 1. The third-order valence-corrected chi connectivity index (χ3v) is 4.71. The van der Waals surface area contributed by atoms with Crippen LogP contribution in [0.15, 0.2) is 30.3 Å². The van der Waals surface area contributed by atoms with Gasteiger partial charge in [-0.1, -0.05) is 23.5 Å². The Kier molecular flexibility index (Phi) is 4.02. The molecule has 1 amide bonds. The normalized spacial score (nSPS) is 10.8. The second kappa shape index (κ2) is 6.01. The van der Waals surface area contributed by atoms with E-state index in [9.17, 15) is 14.9 Å². The first-order valence-electron chi connectivity index (χ1n) is 7.30. The van der Waals surface area contributed by atoms with E-state index in [0.717, 1.165) is 21.3 Å². The summed E-state index contributed by atoms with van der Waals surface area (Å²) in [6.07, 6.45) is 0. The van der Waals surface area contributed by atoms with Gasteiger partial charge in [0.05, 0.1) is 15.1 Å². The molecule has 0 aliphatic heterocycles. The Morgan fingerprint density at radius 3 is 2.71 bits per heavy atom. The van der Waals surface area contributed by atoms with E-state index in [1.807, 2.05) is 26.0 Å². The maximum Gasteiger partial charge on any atom is 0.273 e. The number of fused-ring (bicyclic) bond motifs is 1. The molecule has 0 fully saturated rings. The topological polar surface area (TPSA) is 85.1 Å². The van der Waals surface area contributed by atoms with Crippen molar-refractivity contribution in [2.45, 2.75) is 20.8 Å². The Labute approximate surface area is 142 Å². The van der Waals surface area contributed by atoms with Crippen LogP contribution in [0.25, 0.3) is 10.2 Å². The highest BCUT2D eigenvalue weighted by Gasteiger charge is 2.19. The molecule has 0 atom stereocenters. The molecule has 0 saturated carbocycles. The highest BCUT2D eigenvalue weighted by atomic mass is 32.1. The maximum atomic E-state index is 12.5. The van der Waals surface area contributed by atoms with Crippen LogP contribution in [0.3, 0.4) is 0 Å². The van der Waals surface area contributed by atoms with Gasteiger partial charge in [0.2, 0.25) is 0 Å². The van der Waals surface area contributed by atoms with Crippen LogP contribution in [0, 0.1) is 30.9 Å². The summed E-state index contributed by atoms with van der Waals surface area (Å²) < 4.78 is 0.999. The van der Waals surface area contributed by atoms with Crippen LogP contribution in [0.4, 0.5) is 10.8 Å². The third-order valence-electron chi connectivity index (χ3n) is 3.80. The van der Waals surface area contributed by atoms with Crippen LogP contribution >= 0.6 is 11.3 Å². The lowest BCUT2D eigenvalue weighted by atomic mass is 10.1. The van der Waals surface area contributed by atoms with Crippen molar-refractivity contribution >= 4 is 38.3 Å². The highest BCUT2D eigenvalue weighted by Crippen LogP contribution is 2.30. The van der Waals surface area contributed by atoms with E-state index in [2.05, 4.69) is 10.3 Å². The monoisotopic (exact) mass is 341 g/mol. The molecule has 0 bridgehead atoms. The van der Waals surface area contributed by atoms with Gasteiger partial charge >= 0.3 is 0 Å². The number of aryl methyl sites for hydroxylation is 2. The van der Waals surface area contributed by atoms with Crippen LogP contribution < -0.4 is 5.32 Å². The number of carbonyl (C=O) groups is 1. The first-order valence-corrected chi connectivity index (χ1v) is 8.11. The number of nitrogens with zero attached hydrogens (tertiary/aromatic N) is 2. The molecule has 3 rings (SSSR count). The molecule has 0 radical (unpaired) electrons. The number of anilines is 1. The number of nitrogens with one attached hydrogen (secondary N) is 1. The molecular formula is C17H15N3O3S. The van der Waals surface area contributed by atoms with E-state index in [0.29, 0.717) is 10.7 Å². The van der Waals surface area contributed by atoms with Gasteiger partial charge in [-0.15, -0.1) is 0 Å². The smallest absolute Gasteiger partial charge is 0.273 e. The molecule has 1 aromatic heterocycles. The van der Waals surface area contributed by atoms with Crippen LogP contribution in [0.5, 0.6) is 0 Å². The minimum Gasteiger partial charge on any atom is -0.298 e. The molecule has 0 spiro atoms. The van der Waals surface area contributed by atoms with Gasteiger partial charge < -0.3 is 0 Å². The molecule has 0 unspecified atom stereocenters. The zero-order valence-electron chi connectivity index (χ0n) is 13.4. The fourth-order valence-electron chi connectivity index (χ4n) is 2.66. The van der Waals surface area contributed by atoms with E-state index in [4.69, 9.17) is 0 Å². The lowest BCUT2D eigenvalue weighted by Crippen LogP contribution is -2.13. The fourth-order valence-corrected chi connectivity index (χ4v) is 3.69. The molecule has 1 heterocycles. The minimum atomic E-state index is -0.490.